The third kappa shape index (κ3) is 5.12. The van der Waals surface area contributed by atoms with Crippen molar-refractivity contribution in [3.8, 4) is 5.75 Å². The molecule has 11 heteroatoms. The van der Waals surface area contributed by atoms with Gasteiger partial charge in [0.2, 0.25) is 10.0 Å². The number of aliphatic imine (C=N–C) groups is 1. The number of hydrogen-bond acceptors (Lipinski definition) is 9. The van der Waals surface area contributed by atoms with Gasteiger partial charge in [0.05, 0.1) is 23.7 Å². The van der Waals surface area contributed by atoms with Gasteiger partial charge in [-0.25, -0.2) is 18.5 Å². The van der Waals surface area contributed by atoms with Crippen LogP contribution in [0.1, 0.15) is 11.6 Å². The zero-order valence-electron chi connectivity index (χ0n) is 17.5. The zero-order chi connectivity index (χ0) is 22.0. The fourth-order valence-corrected chi connectivity index (χ4v) is 5.01. The van der Waals surface area contributed by atoms with Crippen LogP contribution < -0.4 is 20.1 Å². The smallest absolute Gasteiger partial charge is 0.238 e. The van der Waals surface area contributed by atoms with Gasteiger partial charge in [-0.1, -0.05) is 17.8 Å². The summed E-state index contributed by atoms with van der Waals surface area (Å²) in [6.45, 7) is 4.04. The van der Waals surface area contributed by atoms with Crippen molar-refractivity contribution in [3.63, 3.8) is 0 Å². The van der Waals surface area contributed by atoms with Crippen molar-refractivity contribution in [2.75, 3.05) is 56.3 Å². The van der Waals surface area contributed by atoms with Crippen LogP contribution in [0, 0.1) is 0 Å². The molecular formula is C20H26N6O3S2. The maximum atomic E-state index is 11.7. The van der Waals surface area contributed by atoms with Crippen LogP contribution in [-0.4, -0.2) is 69.6 Å². The lowest BCUT2D eigenvalue weighted by atomic mass is 10.1. The lowest BCUT2D eigenvalue weighted by Gasteiger charge is -2.33. The van der Waals surface area contributed by atoms with E-state index in [9.17, 15) is 8.42 Å². The molecule has 3 heterocycles. The molecule has 1 aromatic carbocycles. The second-order valence-corrected chi connectivity index (χ2v) is 10.1. The first-order valence-corrected chi connectivity index (χ1v) is 12.4. The number of rotatable bonds is 5. The molecular weight excluding hydrogens is 436 g/mol. The summed E-state index contributed by atoms with van der Waals surface area (Å²) in [4.78, 5) is 14.0. The highest BCUT2D eigenvalue weighted by Gasteiger charge is 2.23. The Morgan fingerprint density at radius 1 is 1.19 bits per heavy atom. The summed E-state index contributed by atoms with van der Waals surface area (Å²) >= 11 is 1.56. The molecule has 2 aromatic rings. The number of nitrogens with zero attached hydrogens (tertiary/aromatic N) is 4. The number of pyridine rings is 1. The van der Waals surface area contributed by atoms with Crippen molar-refractivity contribution < 1.29 is 13.2 Å². The first-order valence-electron chi connectivity index (χ1n) is 9.91. The first kappa shape index (κ1) is 21.9. The number of methoxy groups -OCH3 is 1. The van der Waals surface area contributed by atoms with Crippen LogP contribution in [0.4, 0.5) is 11.5 Å². The number of nitrogens with one attached hydrogen (secondary N) is 1. The highest BCUT2D eigenvalue weighted by molar-refractivity contribution is 8.14. The molecule has 0 radical (unpaired) electrons. The topological polar surface area (TPSA) is 113 Å². The Balaban J connectivity index is 1.47. The summed E-state index contributed by atoms with van der Waals surface area (Å²) in [5.74, 6) is 2.28. The van der Waals surface area contributed by atoms with Crippen LogP contribution in [0.25, 0.3) is 0 Å². The first-order chi connectivity index (χ1) is 14.8. The molecule has 1 atom stereocenters. The summed E-state index contributed by atoms with van der Waals surface area (Å²) in [6, 6.07) is 8.57. The number of anilines is 2. The SMILES string of the molecule is COc1ccc(S(N)(=O)=O)cc1NC1=NC(c2ccc(N3CCN(C)CC3)nc2)CS1. The molecule has 1 unspecified atom stereocenters. The van der Waals surface area contributed by atoms with Crippen LogP contribution in [-0.2, 0) is 10.0 Å². The lowest BCUT2D eigenvalue weighted by molar-refractivity contribution is 0.312. The second-order valence-electron chi connectivity index (χ2n) is 7.53. The summed E-state index contributed by atoms with van der Waals surface area (Å²) in [5.41, 5.74) is 1.55. The van der Waals surface area contributed by atoms with Crippen molar-refractivity contribution in [1.29, 1.82) is 0 Å². The van der Waals surface area contributed by atoms with Gasteiger partial charge in [0.1, 0.15) is 11.6 Å². The van der Waals surface area contributed by atoms with Crippen LogP contribution in [0.3, 0.4) is 0 Å². The van der Waals surface area contributed by atoms with Gasteiger partial charge in [0.15, 0.2) is 5.17 Å². The molecule has 166 valence electrons. The number of benzene rings is 1. The van der Waals surface area contributed by atoms with Crippen molar-refractivity contribution in [1.82, 2.24) is 9.88 Å². The fraction of sp³-hybridized carbons (Fsp3) is 0.400. The van der Waals surface area contributed by atoms with Gasteiger partial charge in [-0.3, -0.25) is 4.99 Å². The number of nitrogens with two attached hydrogens (primary N) is 1. The van der Waals surface area contributed by atoms with E-state index < -0.39 is 10.0 Å². The lowest BCUT2D eigenvalue weighted by Crippen LogP contribution is -2.44. The number of piperazine rings is 1. The van der Waals surface area contributed by atoms with E-state index in [0.717, 1.165) is 43.3 Å². The highest BCUT2D eigenvalue weighted by Crippen LogP contribution is 2.34. The molecule has 0 saturated carbocycles. The van der Waals surface area contributed by atoms with Gasteiger partial charge in [0, 0.05) is 38.1 Å². The highest BCUT2D eigenvalue weighted by atomic mass is 32.2. The molecule has 2 aliphatic rings. The minimum absolute atomic E-state index is 0.0136. The van der Waals surface area contributed by atoms with E-state index in [1.54, 1.807) is 17.8 Å². The number of ether oxygens (including phenoxy) is 1. The van der Waals surface area contributed by atoms with Crippen molar-refractivity contribution in [2.45, 2.75) is 10.9 Å². The molecule has 4 rings (SSSR count). The maximum Gasteiger partial charge on any atom is 0.238 e. The minimum Gasteiger partial charge on any atom is -0.495 e. The number of hydrogen-bond donors (Lipinski definition) is 2. The van der Waals surface area contributed by atoms with Gasteiger partial charge in [-0.05, 0) is 36.9 Å². The molecule has 2 aliphatic heterocycles. The summed E-state index contributed by atoms with van der Waals surface area (Å²) in [6.07, 6.45) is 1.90. The van der Waals surface area contributed by atoms with Gasteiger partial charge in [0.25, 0.3) is 0 Å². The van der Waals surface area contributed by atoms with Gasteiger partial charge in [-0.2, -0.15) is 0 Å². The number of sulfonamides is 1. The number of thioether (sulfide) groups is 1. The average Bonchev–Trinajstić information content (AvgIpc) is 3.22. The summed E-state index contributed by atoms with van der Waals surface area (Å²) < 4.78 is 28.7. The molecule has 3 N–H and O–H groups in total. The summed E-state index contributed by atoms with van der Waals surface area (Å²) in [5, 5.41) is 9.12. The number of amidine groups is 1. The summed E-state index contributed by atoms with van der Waals surface area (Å²) in [7, 11) is -0.151. The molecule has 0 aliphatic carbocycles. The standard InChI is InChI=1S/C20H26N6O3S2/c1-25-7-9-26(10-8-25)19-6-3-14(12-22-19)17-13-30-20(24-17)23-16-11-15(31(21,27)28)4-5-18(16)29-2/h3-6,11-12,17H,7-10,13H2,1-2H3,(H,23,24)(H2,21,27,28). The minimum atomic E-state index is -3.81. The molecule has 31 heavy (non-hydrogen) atoms. The van der Waals surface area contributed by atoms with Crippen LogP contribution in [0.15, 0.2) is 46.4 Å². The number of primary sulfonamides is 1. The van der Waals surface area contributed by atoms with Crippen LogP contribution in [0.5, 0.6) is 5.75 Å². The van der Waals surface area contributed by atoms with Gasteiger partial charge < -0.3 is 19.9 Å². The van der Waals surface area contributed by atoms with E-state index in [1.807, 2.05) is 6.20 Å². The number of aromatic nitrogens is 1. The van der Waals surface area contributed by atoms with E-state index >= 15 is 0 Å². The van der Waals surface area contributed by atoms with E-state index in [0.29, 0.717) is 16.6 Å². The second kappa shape index (κ2) is 9.03. The molecule has 0 spiro atoms. The quantitative estimate of drug-likeness (QED) is 0.691. The van der Waals surface area contributed by atoms with E-state index in [4.69, 9.17) is 14.9 Å². The molecule has 0 amide bonds. The van der Waals surface area contributed by atoms with Gasteiger partial charge in [-0.15, -0.1) is 0 Å². The van der Waals surface area contributed by atoms with Crippen LogP contribution in [0.2, 0.25) is 0 Å². The Kier molecular flexibility index (Phi) is 6.37. The Hall–Kier alpha value is -2.34. The molecule has 1 saturated heterocycles. The molecule has 0 bridgehead atoms. The predicted molar refractivity (Wildman–Crippen MR) is 125 cm³/mol. The van der Waals surface area contributed by atoms with E-state index in [2.05, 4.69) is 39.3 Å². The molecule has 9 nitrogen and oxygen atoms in total. The van der Waals surface area contributed by atoms with Crippen molar-refractivity contribution in [2.24, 2.45) is 10.1 Å². The fourth-order valence-electron chi connectivity index (χ4n) is 3.51. The molecule has 1 fully saturated rings. The largest absolute Gasteiger partial charge is 0.495 e. The zero-order valence-corrected chi connectivity index (χ0v) is 19.1. The monoisotopic (exact) mass is 462 g/mol. The van der Waals surface area contributed by atoms with Gasteiger partial charge >= 0.3 is 0 Å². The number of likely N-dealkylation sites (N-methyl/N-ethyl adjacent to an activating group) is 1. The van der Waals surface area contributed by atoms with Crippen molar-refractivity contribution in [3.05, 3.63) is 42.1 Å². The third-order valence-corrected chi connectivity index (χ3v) is 7.25. The van der Waals surface area contributed by atoms with E-state index in [1.165, 1.54) is 19.2 Å². The Morgan fingerprint density at radius 3 is 2.61 bits per heavy atom. The Bertz CT molecular complexity index is 1070. The predicted octanol–water partition coefficient (Wildman–Crippen LogP) is 1.75. The van der Waals surface area contributed by atoms with Crippen molar-refractivity contribution >= 4 is 38.5 Å². The molecule has 1 aromatic heterocycles. The third-order valence-electron chi connectivity index (χ3n) is 5.37. The Labute approximate surface area is 186 Å². The van der Waals surface area contributed by atoms with Crippen LogP contribution >= 0.6 is 11.8 Å². The Morgan fingerprint density at radius 2 is 1.97 bits per heavy atom. The van der Waals surface area contributed by atoms with E-state index in [-0.39, 0.29) is 10.9 Å². The normalized spacial score (nSPS) is 19.9. The average molecular weight is 463 g/mol. The maximum absolute atomic E-state index is 11.7.